The van der Waals surface area contributed by atoms with E-state index in [0.717, 1.165) is 25.0 Å². The zero-order valence-electron chi connectivity index (χ0n) is 13.0. The smallest absolute Gasteiger partial charge is 0.199 e. The van der Waals surface area contributed by atoms with Gasteiger partial charge in [0.25, 0.3) is 0 Å². The fourth-order valence-electron chi connectivity index (χ4n) is 2.52. The molecule has 2 atom stereocenters. The van der Waals surface area contributed by atoms with Crippen molar-refractivity contribution in [3.8, 4) is 5.75 Å². The van der Waals surface area contributed by atoms with E-state index in [1.165, 1.54) is 5.56 Å². The quantitative estimate of drug-likeness (QED) is 0.616. The van der Waals surface area contributed by atoms with Crippen LogP contribution in [0.5, 0.6) is 5.75 Å². The van der Waals surface area contributed by atoms with Crippen LogP contribution in [0.3, 0.4) is 0 Å². The van der Waals surface area contributed by atoms with Crippen LogP contribution in [0.2, 0.25) is 0 Å². The molecular formula is C17H28O2. The minimum absolute atomic E-state index is 0.139. The molecule has 0 N–H and O–H groups in total. The van der Waals surface area contributed by atoms with Gasteiger partial charge in [-0.05, 0) is 36.0 Å². The minimum atomic E-state index is -0.139. The Balaban J connectivity index is 2.81. The highest BCUT2D eigenvalue weighted by molar-refractivity contribution is 5.31. The Morgan fingerprint density at radius 1 is 1.16 bits per heavy atom. The first-order valence-electron chi connectivity index (χ1n) is 7.41. The monoisotopic (exact) mass is 264 g/mol. The summed E-state index contributed by atoms with van der Waals surface area (Å²) in [5.74, 6) is 2.15. The Hall–Kier alpha value is -1.02. The van der Waals surface area contributed by atoms with Crippen molar-refractivity contribution in [3.63, 3.8) is 0 Å². The second kappa shape index (κ2) is 8.21. The van der Waals surface area contributed by atoms with Gasteiger partial charge in [-0.15, -0.1) is 0 Å². The van der Waals surface area contributed by atoms with Crippen LogP contribution in [0, 0.1) is 5.92 Å². The largest absolute Gasteiger partial charge is 0.465 e. The average Bonchev–Trinajstić information content (AvgIpc) is 2.39. The summed E-state index contributed by atoms with van der Waals surface area (Å²) >= 11 is 0. The Morgan fingerprint density at radius 3 is 2.42 bits per heavy atom. The number of benzene rings is 1. The molecule has 0 heterocycles. The van der Waals surface area contributed by atoms with E-state index in [0.29, 0.717) is 11.8 Å². The van der Waals surface area contributed by atoms with Crippen molar-refractivity contribution in [2.24, 2.45) is 5.92 Å². The van der Waals surface area contributed by atoms with Gasteiger partial charge in [0.05, 0.1) is 0 Å². The first-order chi connectivity index (χ1) is 9.12. The van der Waals surface area contributed by atoms with Gasteiger partial charge in [-0.1, -0.05) is 46.2 Å². The van der Waals surface area contributed by atoms with Crippen LogP contribution in [0.25, 0.3) is 0 Å². The lowest BCUT2D eigenvalue weighted by molar-refractivity contribution is -0.0584. The van der Waals surface area contributed by atoms with Gasteiger partial charge in [-0.25, -0.2) is 0 Å². The summed E-state index contributed by atoms with van der Waals surface area (Å²) in [4.78, 5) is 0. The molecule has 2 nitrogen and oxygen atoms in total. The van der Waals surface area contributed by atoms with E-state index in [4.69, 9.17) is 9.47 Å². The first kappa shape index (κ1) is 16.0. The molecule has 0 radical (unpaired) electrons. The number of hydrogen-bond donors (Lipinski definition) is 0. The van der Waals surface area contributed by atoms with E-state index in [1.807, 2.05) is 6.07 Å². The van der Waals surface area contributed by atoms with Gasteiger partial charge in [-0.3, -0.25) is 0 Å². The second-order valence-corrected chi connectivity index (χ2v) is 5.40. The van der Waals surface area contributed by atoms with Crippen molar-refractivity contribution >= 4 is 0 Å². The Morgan fingerprint density at radius 2 is 1.89 bits per heavy atom. The molecule has 1 rings (SSSR count). The molecule has 0 amide bonds. The molecule has 1 aromatic carbocycles. The molecule has 0 bridgehead atoms. The SMILES string of the molecule is CCCC(OC)Oc1cccc(C(CC)C(C)C)c1. The summed E-state index contributed by atoms with van der Waals surface area (Å²) in [6.45, 7) is 8.93. The molecule has 0 aromatic heterocycles. The van der Waals surface area contributed by atoms with E-state index in [2.05, 4.69) is 45.9 Å². The van der Waals surface area contributed by atoms with Crippen molar-refractivity contribution in [3.05, 3.63) is 29.8 Å². The molecule has 2 heteroatoms. The second-order valence-electron chi connectivity index (χ2n) is 5.40. The maximum Gasteiger partial charge on any atom is 0.199 e. The summed E-state index contributed by atoms with van der Waals surface area (Å²) in [6, 6.07) is 8.45. The Bertz CT molecular complexity index is 360. The van der Waals surface area contributed by atoms with Crippen LogP contribution in [0.15, 0.2) is 24.3 Å². The van der Waals surface area contributed by atoms with Gasteiger partial charge in [-0.2, -0.15) is 0 Å². The molecule has 2 unspecified atom stereocenters. The Labute approximate surface area is 118 Å². The van der Waals surface area contributed by atoms with Crippen molar-refractivity contribution < 1.29 is 9.47 Å². The summed E-state index contributed by atoms with van der Waals surface area (Å²) in [5.41, 5.74) is 1.36. The maximum absolute atomic E-state index is 5.90. The van der Waals surface area contributed by atoms with E-state index in [9.17, 15) is 0 Å². The average molecular weight is 264 g/mol. The van der Waals surface area contributed by atoms with Crippen molar-refractivity contribution in [2.75, 3.05) is 7.11 Å². The van der Waals surface area contributed by atoms with Crippen LogP contribution in [-0.2, 0) is 4.74 Å². The number of hydrogen-bond acceptors (Lipinski definition) is 2. The van der Waals surface area contributed by atoms with Gasteiger partial charge in [0.1, 0.15) is 5.75 Å². The van der Waals surface area contributed by atoms with Crippen molar-refractivity contribution in [1.82, 2.24) is 0 Å². The van der Waals surface area contributed by atoms with E-state index in [-0.39, 0.29) is 6.29 Å². The third kappa shape index (κ3) is 4.87. The number of methoxy groups -OCH3 is 1. The zero-order valence-corrected chi connectivity index (χ0v) is 13.0. The van der Waals surface area contributed by atoms with E-state index in [1.54, 1.807) is 7.11 Å². The number of rotatable bonds is 8. The third-order valence-corrected chi connectivity index (χ3v) is 3.59. The third-order valence-electron chi connectivity index (χ3n) is 3.59. The molecule has 0 aliphatic carbocycles. The molecule has 0 spiro atoms. The van der Waals surface area contributed by atoms with E-state index >= 15 is 0 Å². The van der Waals surface area contributed by atoms with Gasteiger partial charge in [0, 0.05) is 13.5 Å². The highest BCUT2D eigenvalue weighted by Crippen LogP contribution is 2.30. The van der Waals surface area contributed by atoms with Crippen LogP contribution >= 0.6 is 0 Å². The lowest BCUT2D eigenvalue weighted by Gasteiger charge is -2.21. The maximum atomic E-state index is 5.90. The van der Waals surface area contributed by atoms with Gasteiger partial charge < -0.3 is 9.47 Å². The van der Waals surface area contributed by atoms with E-state index < -0.39 is 0 Å². The summed E-state index contributed by atoms with van der Waals surface area (Å²) in [5, 5.41) is 0. The highest BCUT2D eigenvalue weighted by Gasteiger charge is 2.15. The van der Waals surface area contributed by atoms with Crippen LogP contribution < -0.4 is 4.74 Å². The molecule has 108 valence electrons. The normalized spacial score (nSPS) is 14.4. The lowest BCUT2D eigenvalue weighted by atomic mass is 9.86. The summed E-state index contributed by atoms with van der Waals surface area (Å²) in [7, 11) is 1.70. The molecule has 19 heavy (non-hydrogen) atoms. The lowest BCUT2D eigenvalue weighted by Crippen LogP contribution is -2.18. The number of ether oxygens (including phenoxy) is 2. The zero-order chi connectivity index (χ0) is 14.3. The fourth-order valence-corrected chi connectivity index (χ4v) is 2.52. The standard InChI is InChI=1S/C17H28O2/c1-6-9-17(18-5)19-15-11-8-10-14(12-15)16(7-2)13(3)4/h8,10-13,16-17H,6-7,9H2,1-5H3. The Kier molecular flexibility index (Phi) is 6.93. The topological polar surface area (TPSA) is 18.5 Å². The molecule has 0 aliphatic heterocycles. The molecule has 0 aliphatic rings. The molecule has 0 fully saturated rings. The van der Waals surface area contributed by atoms with Crippen LogP contribution in [-0.4, -0.2) is 13.4 Å². The predicted molar refractivity (Wildman–Crippen MR) is 80.6 cm³/mol. The minimum Gasteiger partial charge on any atom is -0.465 e. The highest BCUT2D eigenvalue weighted by atomic mass is 16.7. The van der Waals surface area contributed by atoms with Gasteiger partial charge in [0.2, 0.25) is 0 Å². The fraction of sp³-hybridized carbons (Fsp3) is 0.647. The molecule has 0 saturated carbocycles. The van der Waals surface area contributed by atoms with Crippen molar-refractivity contribution in [2.45, 2.75) is 59.2 Å². The van der Waals surface area contributed by atoms with Gasteiger partial charge in [0.15, 0.2) is 6.29 Å². The summed E-state index contributed by atoms with van der Waals surface area (Å²) in [6.07, 6.45) is 2.99. The van der Waals surface area contributed by atoms with Gasteiger partial charge >= 0.3 is 0 Å². The predicted octanol–water partition coefficient (Wildman–Crippen LogP) is 4.99. The van der Waals surface area contributed by atoms with Crippen molar-refractivity contribution in [1.29, 1.82) is 0 Å². The molecule has 0 saturated heterocycles. The van der Waals surface area contributed by atoms with Crippen LogP contribution in [0.4, 0.5) is 0 Å². The first-order valence-corrected chi connectivity index (χ1v) is 7.41. The summed E-state index contributed by atoms with van der Waals surface area (Å²) < 4.78 is 11.2. The molecule has 1 aromatic rings. The molecular weight excluding hydrogens is 236 g/mol. The van der Waals surface area contributed by atoms with Crippen LogP contribution in [0.1, 0.15) is 58.4 Å².